The highest BCUT2D eigenvalue weighted by Crippen LogP contribution is 2.46. The van der Waals surface area contributed by atoms with E-state index in [1.165, 1.54) is 0 Å². The molecule has 1 aromatic rings. The van der Waals surface area contributed by atoms with Gasteiger partial charge in [0.25, 0.3) is 0 Å². The Kier molecular flexibility index (Phi) is 4.54. The summed E-state index contributed by atoms with van der Waals surface area (Å²) in [7, 11) is 0. The van der Waals surface area contributed by atoms with Gasteiger partial charge in [0.2, 0.25) is 9.52 Å². The number of hydrogen-bond acceptors (Lipinski definition) is 3. The molecule has 0 radical (unpaired) electrons. The van der Waals surface area contributed by atoms with Gasteiger partial charge in [0, 0.05) is 10.9 Å². The van der Waals surface area contributed by atoms with Gasteiger partial charge in [-0.25, -0.2) is 5.01 Å². The molecular weight excluding hydrogens is 408 g/mol. The smallest absolute Gasteiger partial charge is 0.239 e. The number of rotatable bonds is 1. The second kappa shape index (κ2) is 5.59. The molecule has 0 spiro atoms. The topological polar surface area (TPSA) is 61.8 Å². The molecule has 1 aliphatic heterocycles. The van der Waals surface area contributed by atoms with Crippen LogP contribution >= 0.6 is 63.0 Å². The van der Waals surface area contributed by atoms with Gasteiger partial charge in [-0.3, -0.25) is 0 Å². The monoisotopic (exact) mass is 415 g/mol. The molecule has 1 unspecified atom stereocenters. The maximum Gasteiger partial charge on any atom is 0.239 e. The molecule has 1 atom stereocenters. The maximum absolute atomic E-state index is 10.6. The fourth-order valence-electron chi connectivity index (χ4n) is 1.80. The lowest BCUT2D eigenvalue weighted by atomic mass is 10.0. The summed E-state index contributed by atoms with van der Waals surface area (Å²) in [5, 5.41) is 15.5. The van der Waals surface area contributed by atoms with Crippen molar-refractivity contribution in [3.63, 3.8) is 0 Å². The van der Waals surface area contributed by atoms with E-state index >= 15 is 0 Å². The van der Waals surface area contributed by atoms with Crippen LogP contribution in [0.3, 0.4) is 0 Å². The van der Waals surface area contributed by atoms with Crippen molar-refractivity contribution in [3.8, 4) is 0 Å². The van der Waals surface area contributed by atoms with Gasteiger partial charge in [0.15, 0.2) is 5.11 Å². The Labute approximate surface area is 144 Å². The van der Waals surface area contributed by atoms with Crippen LogP contribution in [0.25, 0.3) is 0 Å². The van der Waals surface area contributed by atoms with Crippen LogP contribution in [-0.4, -0.2) is 30.5 Å². The summed E-state index contributed by atoms with van der Waals surface area (Å²) in [6, 6.07) is 7.33. The van der Waals surface area contributed by atoms with E-state index in [1.807, 2.05) is 24.3 Å². The van der Waals surface area contributed by atoms with E-state index in [1.54, 1.807) is 0 Å². The van der Waals surface area contributed by atoms with E-state index in [-0.39, 0.29) is 11.5 Å². The molecule has 9 heteroatoms. The van der Waals surface area contributed by atoms with Crippen LogP contribution in [0.15, 0.2) is 33.8 Å². The lowest BCUT2D eigenvalue weighted by molar-refractivity contribution is -0.0463. The molecule has 0 aliphatic carbocycles. The number of hydrazone groups is 1. The highest BCUT2D eigenvalue weighted by Gasteiger charge is 2.56. The van der Waals surface area contributed by atoms with Gasteiger partial charge in [0.1, 0.15) is 0 Å². The van der Waals surface area contributed by atoms with E-state index in [4.69, 9.17) is 52.8 Å². The minimum atomic E-state index is -2.02. The first-order valence-electron chi connectivity index (χ1n) is 5.37. The van der Waals surface area contributed by atoms with Crippen LogP contribution in [0.5, 0.6) is 0 Å². The zero-order chi connectivity index (χ0) is 15.1. The van der Waals surface area contributed by atoms with E-state index in [0.29, 0.717) is 5.71 Å². The van der Waals surface area contributed by atoms with Gasteiger partial charge in [0.05, 0.1) is 5.71 Å². The first-order chi connectivity index (χ1) is 9.15. The number of aliphatic hydroxyl groups is 1. The molecule has 1 aromatic carbocycles. The van der Waals surface area contributed by atoms with Gasteiger partial charge in [-0.15, -0.1) is 0 Å². The summed E-state index contributed by atoms with van der Waals surface area (Å²) in [6.45, 7) is 0. The van der Waals surface area contributed by atoms with Crippen LogP contribution in [0, 0.1) is 0 Å². The Balaban J connectivity index is 2.42. The fraction of sp³-hybridized carbons (Fsp3) is 0.273. The Morgan fingerprint density at radius 2 is 1.95 bits per heavy atom. The SMILES string of the molecule is NC(=S)N1N=C(c2ccc(Br)cc2)CC1(O)C(Cl)(Cl)Cl. The van der Waals surface area contributed by atoms with Crippen molar-refractivity contribution in [2.75, 3.05) is 0 Å². The Morgan fingerprint density at radius 1 is 1.40 bits per heavy atom. The van der Waals surface area contributed by atoms with E-state index in [0.717, 1.165) is 15.0 Å². The average molecular weight is 418 g/mol. The summed E-state index contributed by atoms with van der Waals surface area (Å²) in [6.07, 6.45) is -0.0114. The molecule has 1 aliphatic rings. The third-order valence-corrected chi connectivity index (χ3v) is 4.43. The Morgan fingerprint density at radius 3 is 2.35 bits per heavy atom. The van der Waals surface area contributed by atoms with Crippen LogP contribution in [0.1, 0.15) is 12.0 Å². The molecule has 2 rings (SSSR count). The summed E-state index contributed by atoms with van der Waals surface area (Å²) >= 11 is 25.7. The molecule has 0 saturated heterocycles. The number of hydrogen-bond donors (Lipinski definition) is 2. The van der Waals surface area contributed by atoms with Crippen molar-refractivity contribution in [2.24, 2.45) is 10.8 Å². The van der Waals surface area contributed by atoms with Gasteiger partial charge >= 0.3 is 0 Å². The summed E-state index contributed by atoms with van der Waals surface area (Å²) in [5.74, 6) is 0. The third kappa shape index (κ3) is 2.91. The van der Waals surface area contributed by atoms with Crippen molar-refractivity contribution in [1.29, 1.82) is 0 Å². The maximum atomic E-state index is 10.6. The average Bonchev–Trinajstić information content (AvgIpc) is 2.69. The molecule has 20 heavy (non-hydrogen) atoms. The highest BCUT2D eigenvalue weighted by atomic mass is 79.9. The van der Waals surface area contributed by atoms with E-state index in [2.05, 4.69) is 21.0 Å². The van der Waals surface area contributed by atoms with Crippen LogP contribution in [0.4, 0.5) is 0 Å². The van der Waals surface area contributed by atoms with Crippen LogP contribution in [-0.2, 0) is 0 Å². The number of nitrogens with two attached hydrogens (primary N) is 1. The predicted octanol–water partition coefficient (Wildman–Crippen LogP) is 3.16. The van der Waals surface area contributed by atoms with E-state index < -0.39 is 9.52 Å². The van der Waals surface area contributed by atoms with Gasteiger partial charge in [-0.05, 0) is 29.9 Å². The zero-order valence-corrected chi connectivity index (χ0v) is 14.5. The molecule has 0 bridgehead atoms. The van der Waals surface area contributed by atoms with Crippen molar-refractivity contribution < 1.29 is 5.11 Å². The molecule has 0 fully saturated rings. The lowest BCUT2D eigenvalue weighted by Gasteiger charge is -2.36. The number of nitrogens with zero attached hydrogens (tertiary/aromatic N) is 2. The number of thiocarbonyl (C=S) groups is 1. The quantitative estimate of drug-likeness (QED) is 0.544. The molecule has 0 saturated carbocycles. The molecule has 3 N–H and O–H groups in total. The van der Waals surface area contributed by atoms with Crippen molar-refractivity contribution in [2.45, 2.75) is 15.9 Å². The number of benzene rings is 1. The summed E-state index contributed by atoms with van der Waals surface area (Å²) in [4.78, 5) is 0. The fourth-order valence-corrected chi connectivity index (χ4v) is 2.70. The van der Waals surface area contributed by atoms with Gasteiger partial charge in [-0.1, -0.05) is 62.9 Å². The van der Waals surface area contributed by atoms with E-state index in [9.17, 15) is 5.11 Å². The minimum absolute atomic E-state index is 0.0114. The van der Waals surface area contributed by atoms with Gasteiger partial charge in [-0.2, -0.15) is 5.10 Å². The molecule has 4 nitrogen and oxygen atoms in total. The van der Waals surface area contributed by atoms with Crippen molar-refractivity contribution in [3.05, 3.63) is 34.3 Å². The molecule has 1 heterocycles. The Bertz CT molecular complexity index is 575. The number of alkyl halides is 3. The van der Waals surface area contributed by atoms with Crippen LogP contribution in [0.2, 0.25) is 0 Å². The Hall–Kier alpha value is -0.110. The first kappa shape index (κ1) is 16.3. The number of halogens is 4. The highest BCUT2D eigenvalue weighted by molar-refractivity contribution is 9.10. The summed E-state index contributed by atoms with van der Waals surface area (Å²) < 4.78 is -1.10. The zero-order valence-electron chi connectivity index (χ0n) is 9.86. The lowest BCUT2D eigenvalue weighted by Crippen LogP contribution is -2.56. The first-order valence-corrected chi connectivity index (χ1v) is 7.71. The standard InChI is InChI=1S/C11H9BrCl3N3OS/c12-7-3-1-6(2-4-7)8-5-10(19,11(13,14)15)18(17-8)9(16)20/h1-4,19H,5H2,(H2,16,20). The largest absolute Gasteiger partial charge is 0.375 e. The van der Waals surface area contributed by atoms with Crippen LogP contribution < -0.4 is 5.73 Å². The second-order valence-corrected chi connectivity index (χ2v) is 7.81. The summed E-state index contributed by atoms with van der Waals surface area (Å²) in [5.41, 5.74) is 4.93. The molecular formula is C11H9BrCl3N3OS. The second-order valence-electron chi connectivity index (χ2n) is 4.19. The minimum Gasteiger partial charge on any atom is -0.375 e. The van der Waals surface area contributed by atoms with Crippen molar-refractivity contribution in [1.82, 2.24) is 5.01 Å². The molecule has 108 valence electrons. The normalized spacial score (nSPS) is 22.9. The van der Waals surface area contributed by atoms with Gasteiger partial charge < -0.3 is 10.8 Å². The predicted molar refractivity (Wildman–Crippen MR) is 89.2 cm³/mol. The molecule has 0 aromatic heterocycles. The third-order valence-electron chi connectivity index (χ3n) is 2.83. The molecule has 0 amide bonds. The van der Waals surface area contributed by atoms with Crippen molar-refractivity contribution >= 4 is 73.8 Å².